The molecule has 1 aliphatic heterocycles. The van der Waals surface area contributed by atoms with Crippen LogP contribution < -0.4 is 0 Å². The van der Waals surface area contributed by atoms with Crippen LogP contribution in [0.5, 0.6) is 0 Å². The minimum absolute atomic E-state index is 0.718. The standard InChI is InChI=1S/C3H2N2.Cr/c1-2-5-3-4-1;/h1-2H;. The summed E-state index contributed by atoms with van der Waals surface area (Å²) in [4.78, 5) is 7.50. The molecule has 0 aromatic rings. The van der Waals surface area contributed by atoms with Crippen molar-refractivity contribution < 1.29 is 15.9 Å². The topological polar surface area (TPSA) is 24.7 Å². The van der Waals surface area contributed by atoms with Gasteiger partial charge >= 0.3 is 42.9 Å². The Kier molecular flexibility index (Phi) is 0.954. The van der Waals surface area contributed by atoms with Crippen molar-refractivity contribution >= 4 is 17.1 Å². The van der Waals surface area contributed by atoms with E-state index in [-0.39, 0.29) is 0 Å². The summed E-state index contributed by atoms with van der Waals surface area (Å²) in [6.07, 6.45) is 3.29. The molecule has 0 saturated carbocycles. The Bertz CT molecular complexity index is 111. The zero-order valence-corrected chi connectivity index (χ0v) is 4.23. The van der Waals surface area contributed by atoms with Gasteiger partial charge in [-0.3, -0.25) is 0 Å². The summed E-state index contributed by atoms with van der Waals surface area (Å²) >= 11 is 2.66. The zero-order chi connectivity index (χ0) is 4.41. The molecule has 0 amide bonds. The van der Waals surface area contributed by atoms with Crippen molar-refractivity contribution in [1.29, 1.82) is 0 Å². The predicted molar refractivity (Wildman–Crippen MR) is 22.0 cm³/mol. The van der Waals surface area contributed by atoms with Gasteiger partial charge in [0.1, 0.15) is 0 Å². The molecule has 0 aromatic carbocycles. The van der Waals surface area contributed by atoms with Crippen molar-refractivity contribution in [2.45, 2.75) is 0 Å². The van der Waals surface area contributed by atoms with Gasteiger partial charge < -0.3 is 0 Å². The van der Waals surface area contributed by atoms with Crippen molar-refractivity contribution in [3.05, 3.63) is 0 Å². The molecular formula is C3H2CrN2. The summed E-state index contributed by atoms with van der Waals surface area (Å²) in [5, 5.41) is 0. The quantitative estimate of drug-likeness (QED) is 0.420. The van der Waals surface area contributed by atoms with Gasteiger partial charge in [-0.2, -0.15) is 0 Å². The molecule has 0 unspecified atom stereocenters. The second-order valence-corrected chi connectivity index (χ2v) is 1.41. The van der Waals surface area contributed by atoms with Crippen molar-refractivity contribution in [1.82, 2.24) is 0 Å². The molecule has 1 heterocycles. The van der Waals surface area contributed by atoms with E-state index < -0.39 is 0 Å². The zero-order valence-electron chi connectivity index (χ0n) is 2.96. The van der Waals surface area contributed by atoms with Crippen LogP contribution in [-0.4, -0.2) is 17.1 Å². The third kappa shape index (κ3) is 0.619. The second kappa shape index (κ2) is 1.46. The molecule has 0 aromatic heterocycles. The molecule has 0 N–H and O–H groups in total. The normalized spacial score (nSPS) is 17.0. The molecule has 0 spiro atoms. The van der Waals surface area contributed by atoms with Gasteiger partial charge in [0.25, 0.3) is 0 Å². The second-order valence-electron chi connectivity index (χ2n) is 0.839. The van der Waals surface area contributed by atoms with Crippen LogP contribution in [0.3, 0.4) is 0 Å². The van der Waals surface area contributed by atoms with Crippen LogP contribution in [0.4, 0.5) is 0 Å². The average molecular weight is 118 g/mol. The van der Waals surface area contributed by atoms with Crippen LogP contribution in [0.25, 0.3) is 0 Å². The van der Waals surface area contributed by atoms with Crippen LogP contribution in [0.2, 0.25) is 0 Å². The van der Waals surface area contributed by atoms with Gasteiger partial charge in [0, 0.05) is 0 Å². The molecule has 0 fully saturated rings. The van der Waals surface area contributed by atoms with Gasteiger partial charge in [-0.25, -0.2) is 0 Å². The van der Waals surface area contributed by atoms with E-state index in [9.17, 15) is 0 Å². The predicted octanol–water partition coefficient (Wildman–Crippen LogP) is -0.224. The Balaban J connectivity index is 2.86. The molecule has 1 aliphatic rings. The molecule has 0 atom stereocenters. The molecule has 1 rings (SSSR count). The molecule has 0 saturated heterocycles. The van der Waals surface area contributed by atoms with Gasteiger partial charge in [-0.15, -0.1) is 0 Å². The number of hydrogen-bond acceptors (Lipinski definition) is 2. The number of hydrogen-bond donors (Lipinski definition) is 0. The Hall–Kier alpha value is -0.258. The van der Waals surface area contributed by atoms with E-state index in [2.05, 4.69) is 25.8 Å². The molecule has 0 aliphatic carbocycles. The molecule has 0 radical (unpaired) electrons. The Morgan fingerprint density at radius 1 is 1.33 bits per heavy atom. The summed E-state index contributed by atoms with van der Waals surface area (Å²) < 4.78 is 0.718. The number of aliphatic imine (C=N–C) groups is 2. The van der Waals surface area contributed by atoms with Crippen molar-refractivity contribution in [3.63, 3.8) is 0 Å². The number of rotatable bonds is 0. The third-order valence-corrected chi connectivity index (χ3v) is 0.766. The Labute approximate surface area is 43.6 Å². The monoisotopic (exact) mass is 118 g/mol. The first-order valence-electron chi connectivity index (χ1n) is 1.50. The minimum atomic E-state index is 0.718. The molecule has 6 heavy (non-hydrogen) atoms. The fraction of sp³-hybridized carbons (Fsp3) is 0. The van der Waals surface area contributed by atoms with Crippen LogP contribution in [0.15, 0.2) is 9.98 Å². The first kappa shape index (κ1) is 3.92. The molecule has 3 heteroatoms. The fourth-order valence-electron chi connectivity index (χ4n) is 0.228. The maximum atomic E-state index is 3.75. The Morgan fingerprint density at radius 2 is 1.83 bits per heavy atom. The van der Waals surface area contributed by atoms with E-state index in [0.717, 1.165) is 4.63 Å². The van der Waals surface area contributed by atoms with Crippen LogP contribution in [0.1, 0.15) is 0 Å². The van der Waals surface area contributed by atoms with E-state index >= 15 is 0 Å². The first-order chi connectivity index (χ1) is 2.89. The van der Waals surface area contributed by atoms with Crippen molar-refractivity contribution in [2.75, 3.05) is 0 Å². The van der Waals surface area contributed by atoms with Crippen molar-refractivity contribution in [3.8, 4) is 0 Å². The van der Waals surface area contributed by atoms with Gasteiger partial charge in [0.05, 0.1) is 0 Å². The van der Waals surface area contributed by atoms with Gasteiger partial charge in [-0.05, 0) is 0 Å². The fourth-order valence-corrected chi connectivity index (χ4v) is 0.418. The first-order valence-corrected chi connectivity index (χ1v) is 2.14. The molecule has 0 bridgehead atoms. The van der Waals surface area contributed by atoms with E-state index in [0.29, 0.717) is 0 Å². The van der Waals surface area contributed by atoms with Gasteiger partial charge in [0.2, 0.25) is 0 Å². The Morgan fingerprint density at radius 3 is 2.00 bits per heavy atom. The SMILES string of the molecule is [Cr]=[C]1N=CC=N1. The van der Waals surface area contributed by atoms with Gasteiger partial charge in [0.15, 0.2) is 0 Å². The molecule has 2 nitrogen and oxygen atoms in total. The van der Waals surface area contributed by atoms with E-state index in [1.54, 1.807) is 12.4 Å². The maximum absolute atomic E-state index is 3.75. The van der Waals surface area contributed by atoms with Crippen LogP contribution >= 0.6 is 0 Å². The summed E-state index contributed by atoms with van der Waals surface area (Å²) in [6, 6.07) is 0. The van der Waals surface area contributed by atoms with E-state index in [1.165, 1.54) is 0 Å². The molecular weight excluding hydrogens is 116 g/mol. The molecule has 30 valence electrons. The van der Waals surface area contributed by atoms with Crippen molar-refractivity contribution in [2.24, 2.45) is 9.98 Å². The van der Waals surface area contributed by atoms with E-state index in [1.807, 2.05) is 0 Å². The number of nitrogens with zero attached hydrogens (tertiary/aromatic N) is 2. The third-order valence-electron chi connectivity index (χ3n) is 0.437. The summed E-state index contributed by atoms with van der Waals surface area (Å²) in [5.74, 6) is 0. The summed E-state index contributed by atoms with van der Waals surface area (Å²) in [5.41, 5.74) is 0. The van der Waals surface area contributed by atoms with Gasteiger partial charge in [-0.1, -0.05) is 0 Å². The van der Waals surface area contributed by atoms with E-state index in [4.69, 9.17) is 0 Å². The summed E-state index contributed by atoms with van der Waals surface area (Å²) in [7, 11) is 0. The average Bonchev–Trinajstić information content (AvgIpc) is 1.86. The summed E-state index contributed by atoms with van der Waals surface area (Å²) in [6.45, 7) is 0. The van der Waals surface area contributed by atoms with Crippen LogP contribution in [-0.2, 0) is 15.9 Å². The van der Waals surface area contributed by atoms with Crippen LogP contribution in [0, 0.1) is 0 Å².